The summed E-state index contributed by atoms with van der Waals surface area (Å²) < 4.78 is 0. The van der Waals surface area contributed by atoms with Crippen molar-refractivity contribution >= 4 is 44.9 Å². The minimum atomic E-state index is -0.247. The predicted molar refractivity (Wildman–Crippen MR) is 123 cm³/mol. The minimum absolute atomic E-state index is 0.133. The largest absolute Gasteiger partial charge is 0.319 e. The number of nitrogens with one attached hydrogen (secondary N) is 1. The van der Waals surface area contributed by atoms with E-state index in [9.17, 15) is 9.59 Å². The minimum Gasteiger partial charge on any atom is -0.319 e. The Bertz CT molecular complexity index is 1070. The summed E-state index contributed by atoms with van der Waals surface area (Å²) in [6, 6.07) is 18.8. The van der Waals surface area contributed by atoms with E-state index in [4.69, 9.17) is 0 Å². The van der Waals surface area contributed by atoms with Gasteiger partial charge < -0.3 is 5.32 Å². The van der Waals surface area contributed by atoms with Crippen LogP contribution in [-0.4, -0.2) is 22.1 Å². The maximum Gasteiger partial charge on any atom is 0.257 e. The van der Waals surface area contributed by atoms with E-state index in [1.165, 1.54) is 5.56 Å². The number of para-hydroxylation sites is 1. The number of carbonyl (C=O) groups excluding carboxylic acids is 2. The third-order valence-corrected chi connectivity index (χ3v) is 5.67. The van der Waals surface area contributed by atoms with Crippen molar-refractivity contribution in [2.24, 2.45) is 0 Å². The first-order chi connectivity index (χ1) is 14.7. The first kappa shape index (κ1) is 20.3. The van der Waals surface area contributed by atoms with E-state index in [1.807, 2.05) is 18.2 Å². The molecule has 1 aliphatic rings. The molecule has 1 N–H and O–H groups in total. The van der Waals surface area contributed by atoms with Gasteiger partial charge in [0.15, 0.2) is 5.82 Å². The van der Waals surface area contributed by atoms with Crippen molar-refractivity contribution in [2.75, 3.05) is 15.5 Å². The van der Waals surface area contributed by atoms with Gasteiger partial charge in [-0.25, -0.2) is 4.98 Å². The molecular formula is C24H22BrN3O2. The van der Waals surface area contributed by atoms with Crippen molar-refractivity contribution in [1.29, 1.82) is 0 Å². The normalized spacial score (nSPS) is 12.6. The van der Waals surface area contributed by atoms with Crippen molar-refractivity contribution in [3.63, 3.8) is 0 Å². The van der Waals surface area contributed by atoms with Gasteiger partial charge in [-0.1, -0.05) is 52.3 Å². The van der Waals surface area contributed by atoms with Gasteiger partial charge in [-0.05, 0) is 54.7 Å². The van der Waals surface area contributed by atoms with Crippen molar-refractivity contribution in [3.8, 4) is 0 Å². The van der Waals surface area contributed by atoms with Crippen LogP contribution < -0.4 is 10.2 Å². The highest BCUT2D eigenvalue weighted by molar-refractivity contribution is 9.09. The summed E-state index contributed by atoms with van der Waals surface area (Å²) >= 11 is 3.46. The lowest BCUT2D eigenvalue weighted by Gasteiger charge is -2.23. The second-order valence-electron chi connectivity index (χ2n) is 7.21. The van der Waals surface area contributed by atoms with Gasteiger partial charge in [0.1, 0.15) is 0 Å². The van der Waals surface area contributed by atoms with Crippen LogP contribution in [0.25, 0.3) is 0 Å². The third-order valence-electron chi connectivity index (χ3n) is 5.11. The number of hydrogen-bond acceptors (Lipinski definition) is 3. The number of aromatic nitrogens is 1. The van der Waals surface area contributed by atoms with E-state index in [0.717, 1.165) is 30.2 Å². The van der Waals surface area contributed by atoms with Gasteiger partial charge in [0.05, 0.1) is 23.4 Å². The van der Waals surface area contributed by atoms with Crippen LogP contribution in [0.2, 0.25) is 0 Å². The van der Waals surface area contributed by atoms with E-state index in [-0.39, 0.29) is 18.2 Å². The van der Waals surface area contributed by atoms with E-state index < -0.39 is 0 Å². The van der Waals surface area contributed by atoms with Gasteiger partial charge in [-0.2, -0.15) is 0 Å². The molecule has 152 valence electrons. The molecular weight excluding hydrogens is 442 g/mol. The van der Waals surface area contributed by atoms with E-state index in [0.29, 0.717) is 22.8 Å². The van der Waals surface area contributed by atoms with Crippen LogP contribution in [0.1, 0.15) is 34.3 Å². The SMILES string of the molecule is O=C1Nc2cccnc2N(C(=O)Cc2ccc(CCCCBr)cc2)c2ccccc21. The maximum absolute atomic E-state index is 13.4. The highest BCUT2D eigenvalue weighted by atomic mass is 79.9. The number of nitrogens with zero attached hydrogens (tertiary/aromatic N) is 2. The molecule has 0 spiro atoms. The quantitative estimate of drug-likeness (QED) is 0.399. The molecule has 0 aliphatic carbocycles. The van der Waals surface area contributed by atoms with Crippen LogP contribution in [0.4, 0.5) is 17.2 Å². The molecule has 0 fully saturated rings. The Morgan fingerprint density at radius 3 is 2.53 bits per heavy atom. The molecule has 0 saturated heterocycles. The predicted octanol–water partition coefficient (Wildman–Crippen LogP) is 5.27. The Hall–Kier alpha value is -2.99. The fourth-order valence-corrected chi connectivity index (χ4v) is 3.99. The first-order valence-corrected chi connectivity index (χ1v) is 11.1. The Morgan fingerprint density at radius 2 is 1.73 bits per heavy atom. The number of rotatable bonds is 6. The standard InChI is InChI=1S/C24H22BrN3O2/c25-14-4-3-6-17-10-12-18(13-11-17)16-22(29)28-21-9-2-1-7-19(21)24(30)27-20-8-5-15-26-23(20)28/h1-2,5,7-13,15H,3-4,6,14,16H2,(H,27,30). The van der Waals surface area contributed by atoms with Crippen molar-refractivity contribution in [1.82, 2.24) is 4.98 Å². The number of fused-ring (bicyclic) bond motifs is 2. The zero-order chi connectivity index (χ0) is 20.9. The average Bonchev–Trinajstić information content (AvgIpc) is 2.89. The molecule has 3 aromatic rings. The van der Waals surface area contributed by atoms with Gasteiger partial charge in [-0.3, -0.25) is 14.5 Å². The molecule has 5 nitrogen and oxygen atoms in total. The molecule has 30 heavy (non-hydrogen) atoms. The zero-order valence-electron chi connectivity index (χ0n) is 16.5. The Balaban J connectivity index is 1.62. The van der Waals surface area contributed by atoms with Gasteiger partial charge in [-0.15, -0.1) is 0 Å². The number of anilines is 3. The number of amides is 2. The smallest absolute Gasteiger partial charge is 0.257 e. The number of aryl methyl sites for hydroxylation is 1. The Morgan fingerprint density at radius 1 is 0.967 bits per heavy atom. The number of unbranched alkanes of at least 4 members (excludes halogenated alkanes) is 1. The van der Waals surface area contributed by atoms with Gasteiger partial charge >= 0.3 is 0 Å². The fraction of sp³-hybridized carbons (Fsp3) is 0.208. The number of pyridine rings is 1. The number of alkyl halides is 1. The molecule has 2 amide bonds. The molecule has 6 heteroatoms. The molecule has 2 heterocycles. The van der Waals surface area contributed by atoms with Gasteiger partial charge in [0, 0.05) is 11.5 Å². The molecule has 0 saturated carbocycles. The Labute approximate surface area is 184 Å². The number of carbonyl (C=O) groups is 2. The second-order valence-corrected chi connectivity index (χ2v) is 8.01. The lowest BCUT2D eigenvalue weighted by Crippen LogP contribution is -2.28. The summed E-state index contributed by atoms with van der Waals surface area (Å²) in [6.45, 7) is 0. The van der Waals surface area contributed by atoms with E-state index in [2.05, 4.69) is 38.4 Å². The molecule has 0 atom stereocenters. The molecule has 0 radical (unpaired) electrons. The molecule has 1 aliphatic heterocycles. The third kappa shape index (κ3) is 4.28. The highest BCUT2D eigenvalue weighted by Gasteiger charge is 2.30. The van der Waals surface area contributed by atoms with Crippen LogP contribution >= 0.6 is 15.9 Å². The molecule has 1 aromatic heterocycles. The monoisotopic (exact) mass is 463 g/mol. The summed E-state index contributed by atoms with van der Waals surface area (Å²) in [5.74, 6) is 0.0566. The van der Waals surface area contributed by atoms with Crippen LogP contribution in [-0.2, 0) is 17.6 Å². The summed E-state index contributed by atoms with van der Waals surface area (Å²) in [5, 5.41) is 3.88. The van der Waals surface area contributed by atoms with Crippen LogP contribution in [0.15, 0.2) is 66.9 Å². The average molecular weight is 464 g/mol. The van der Waals surface area contributed by atoms with Crippen LogP contribution in [0.3, 0.4) is 0 Å². The molecule has 2 aromatic carbocycles. The topological polar surface area (TPSA) is 62.3 Å². The summed E-state index contributed by atoms with van der Waals surface area (Å²) in [5.41, 5.74) is 3.72. The first-order valence-electron chi connectivity index (χ1n) is 9.99. The highest BCUT2D eigenvalue weighted by Crippen LogP contribution is 2.36. The molecule has 4 rings (SSSR count). The van der Waals surface area contributed by atoms with Gasteiger partial charge in [0.25, 0.3) is 5.91 Å². The van der Waals surface area contributed by atoms with Gasteiger partial charge in [0.2, 0.25) is 5.91 Å². The summed E-state index contributed by atoms with van der Waals surface area (Å²) in [7, 11) is 0. The second kappa shape index (κ2) is 9.22. The number of halogens is 1. The van der Waals surface area contributed by atoms with Crippen molar-refractivity contribution < 1.29 is 9.59 Å². The molecule has 0 bridgehead atoms. The Kier molecular flexibility index (Phi) is 6.23. The van der Waals surface area contributed by atoms with Crippen molar-refractivity contribution in [2.45, 2.75) is 25.7 Å². The van der Waals surface area contributed by atoms with E-state index in [1.54, 1.807) is 41.4 Å². The van der Waals surface area contributed by atoms with Crippen LogP contribution in [0, 0.1) is 0 Å². The van der Waals surface area contributed by atoms with Crippen molar-refractivity contribution in [3.05, 3.63) is 83.6 Å². The zero-order valence-corrected chi connectivity index (χ0v) is 18.1. The number of hydrogen-bond donors (Lipinski definition) is 1. The lowest BCUT2D eigenvalue weighted by molar-refractivity contribution is -0.117. The number of benzene rings is 2. The maximum atomic E-state index is 13.4. The van der Waals surface area contributed by atoms with Crippen LogP contribution in [0.5, 0.6) is 0 Å². The summed E-state index contributed by atoms with van der Waals surface area (Å²) in [6.07, 6.45) is 5.16. The summed E-state index contributed by atoms with van der Waals surface area (Å²) in [4.78, 5) is 32.0. The molecule has 0 unspecified atom stereocenters. The lowest BCUT2D eigenvalue weighted by atomic mass is 10.0. The fourth-order valence-electron chi connectivity index (χ4n) is 3.59. The van der Waals surface area contributed by atoms with E-state index >= 15 is 0 Å².